The molecule has 47 heavy (non-hydrogen) atoms. The third kappa shape index (κ3) is 8.24. The van der Waals surface area contributed by atoms with Crippen LogP contribution in [0.25, 0.3) is 11.4 Å². The average Bonchev–Trinajstić information content (AvgIpc) is 3.43. The average molecular weight is 651 g/mol. The van der Waals surface area contributed by atoms with Crippen LogP contribution >= 0.6 is 0 Å². The first-order valence-electron chi connectivity index (χ1n) is 18.7. The van der Waals surface area contributed by atoms with Crippen molar-refractivity contribution in [1.29, 1.82) is 0 Å². The molecule has 0 aliphatic rings. The summed E-state index contributed by atoms with van der Waals surface area (Å²) in [5.41, 5.74) is 13.2. The second kappa shape index (κ2) is 16.0. The van der Waals surface area contributed by atoms with Crippen LogP contribution in [0.2, 0.25) is 38.6 Å². The number of benzene rings is 3. The molecular formula is C43H67BN2Si. The minimum atomic E-state index is -1.88. The maximum atomic E-state index is 2.84. The summed E-state index contributed by atoms with van der Waals surface area (Å²) in [6.45, 7) is 36.0. The molecule has 0 unspecified atom stereocenters. The highest BCUT2D eigenvalue weighted by atomic mass is 28.3. The normalized spacial score (nSPS) is 12.3. The van der Waals surface area contributed by atoms with Crippen molar-refractivity contribution in [2.75, 3.05) is 0 Å². The summed E-state index contributed by atoms with van der Waals surface area (Å²) in [5, 5.41) is 0. The monoisotopic (exact) mass is 651 g/mol. The first-order chi connectivity index (χ1) is 22.1. The first-order valence-corrected chi connectivity index (χ1v) is 22.2. The van der Waals surface area contributed by atoms with Crippen molar-refractivity contribution in [3.8, 4) is 11.4 Å². The molecule has 0 fully saturated rings. The number of nitrogens with zero attached hydrogens (tertiary/aromatic N) is 2. The number of imidazole rings is 1. The summed E-state index contributed by atoms with van der Waals surface area (Å²) < 4.78 is 5.56. The molecule has 0 bridgehead atoms. The van der Waals surface area contributed by atoms with E-state index in [0.29, 0.717) is 23.7 Å². The van der Waals surface area contributed by atoms with E-state index in [1.165, 1.54) is 63.6 Å². The van der Waals surface area contributed by atoms with Crippen molar-refractivity contribution in [3.05, 3.63) is 101 Å². The van der Waals surface area contributed by atoms with Gasteiger partial charge in [-0.05, 0) is 36.2 Å². The van der Waals surface area contributed by atoms with Crippen molar-refractivity contribution in [1.82, 2.24) is 4.57 Å². The van der Waals surface area contributed by atoms with E-state index in [1.54, 1.807) is 5.59 Å². The summed E-state index contributed by atoms with van der Waals surface area (Å²) in [4.78, 5) is 0. The Kier molecular flexibility index (Phi) is 13.2. The van der Waals surface area contributed by atoms with Crippen LogP contribution in [0.1, 0.15) is 128 Å². The minimum absolute atomic E-state index is 0.452. The number of hydrogen-bond donors (Lipinski definition) is 0. The van der Waals surface area contributed by atoms with Crippen molar-refractivity contribution in [3.63, 3.8) is 0 Å². The third-order valence-electron chi connectivity index (χ3n) is 10.7. The topological polar surface area (TPSA) is 8.81 Å². The van der Waals surface area contributed by atoms with E-state index >= 15 is 0 Å². The van der Waals surface area contributed by atoms with Gasteiger partial charge in [0.15, 0.2) is 8.07 Å². The van der Waals surface area contributed by atoms with Crippen molar-refractivity contribution < 1.29 is 4.57 Å². The van der Waals surface area contributed by atoms with Crippen LogP contribution in [0, 0.1) is 6.92 Å². The van der Waals surface area contributed by atoms with Gasteiger partial charge in [-0.15, -0.1) is 0 Å². The van der Waals surface area contributed by atoms with Crippen LogP contribution < -0.4 is 15.6 Å². The number of para-hydroxylation sites is 2. The predicted octanol–water partition coefficient (Wildman–Crippen LogP) is 11.5. The predicted molar refractivity (Wildman–Crippen MR) is 215 cm³/mol. The largest absolute Gasteiger partial charge is 0.241 e. The van der Waals surface area contributed by atoms with E-state index in [9.17, 15) is 0 Å². The molecule has 0 aliphatic heterocycles. The molecule has 1 aromatic heterocycles. The van der Waals surface area contributed by atoms with Gasteiger partial charge in [0.25, 0.3) is 0 Å². The molecule has 0 N–H and O–H groups in total. The fourth-order valence-electron chi connectivity index (χ4n) is 7.60. The van der Waals surface area contributed by atoms with Gasteiger partial charge in [-0.2, -0.15) is 19.0 Å². The Morgan fingerprint density at radius 3 is 1.32 bits per heavy atom. The fraction of sp³-hybridized carbons (Fsp3) is 0.512. The van der Waals surface area contributed by atoms with Gasteiger partial charge < -0.3 is 0 Å². The molecule has 0 aliphatic carbocycles. The zero-order valence-corrected chi connectivity index (χ0v) is 33.8. The Balaban J connectivity index is 0.000000756. The molecule has 4 aromatic rings. The van der Waals surface area contributed by atoms with Crippen molar-refractivity contribution >= 4 is 25.3 Å². The summed E-state index contributed by atoms with van der Waals surface area (Å²) in [6, 6.07) is 24.4. The van der Waals surface area contributed by atoms with E-state index in [-0.39, 0.29) is 0 Å². The van der Waals surface area contributed by atoms with Crippen LogP contribution in [0.15, 0.2) is 72.9 Å². The van der Waals surface area contributed by atoms with Crippen LogP contribution in [0.3, 0.4) is 0 Å². The van der Waals surface area contributed by atoms with E-state index in [2.05, 4.69) is 167 Å². The lowest BCUT2D eigenvalue weighted by Crippen LogP contribution is -2.62. The Morgan fingerprint density at radius 1 is 0.596 bits per heavy atom. The summed E-state index contributed by atoms with van der Waals surface area (Å²) in [7, 11) is -1.88. The standard InChI is InChI=1S/C36H59BN2Si.C7H8/c1-15-37(16-2,17-3)33-24-38(34-29(25(4)5)20-18-21-30(34)26(6)7)36(40(12,13)14)39(33)35-31(27(8)9)22-19-23-32(35)28(10)11;1-7-5-3-2-4-6-7/h18-28H,15-17H2,1-14H3;2-6H,1H3. The molecule has 0 saturated carbocycles. The number of aromatic nitrogens is 2. The molecule has 1 heterocycles. The van der Waals surface area contributed by atoms with Crippen LogP contribution in [-0.2, 0) is 0 Å². The maximum absolute atomic E-state index is 2.84. The SMILES string of the molecule is CC[B-](CC)(CC)c1c[n+](-c2c(C(C)C)cccc2C(C)C)c([Si](C)(C)C)n1-c1c(C(C)C)cccc1C(C)C.Cc1ccccc1. The van der Waals surface area contributed by atoms with Gasteiger partial charge in [-0.3, -0.25) is 0 Å². The van der Waals surface area contributed by atoms with E-state index in [1.807, 2.05) is 18.2 Å². The van der Waals surface area contributed by atoms with Gasteiger partial charge in [-0.25, -0.2) is 9.13 Å². The second-order valence-electron chi connectivity index (χ2n) is 16.4. The molecule has 3 aromatic carbocycles. The molecule has 0 radical (unpaired) electrons. The number of aryl methyl sites for hydroxylation is 1. The Hall–Kier alpha value is -2.85. The third-order valence-corrected chi connectivity index (χ3v) is 12.5. The van der Waals surface area contributed by atoms with Gasteiger partial charge in [0, 0.05) is 22.3 Å². The van der Waals surface area contributed by atoms with Crippen LogP contribution in [0.4, 0.5) is 0 Å². The van der Waals surface area contributed by atoms with E-state index in [0.717, 1.165) is 0 Å². The molecule has 256 valence electrons. The highest BCUT2D eigenvalue weighted by Crippen LogP contribution is 2.34. The molecule has 4 heteroatoms. The molecule has 0 spiro atoms. The highest BCUT2D eigenvalue weighted by molar-refractivity contribution is 6.92. The van der Waals surface area contributed by atoms with Crippen molar-refractivity contribution in [2.24, 2.45) is 0 Å². The summed E-state index contributed by atoms with van der Waals surface area (Å²) in [6.07, 6.45) is 5.48. The smallest absolute Gasteiger partial charge is 0.227 e. The fourth-order valence-corrected chi connectivity index (χ4v) is 9.41. The molecular weight excluding hydrogens is 583 g/mol. The van der Waals surface area contributed by atoms with Gasteiger partial charge in [0.05, 0.1) is 12.3 Å². The van der Waals surface area contributed by atoms with Gasteiger partial charge in [-0.1, -0.05) is 168 Å². The lowest BCUT2D eigenvalue weighted by Gasteiger charge is -2.35. The Bertz CT molecular complexity index is 1520. The maximum Gasteiger partial charge on any atom is 0.227 e. The Morgan fingerprint density at radius 2 is 1.00 bits per heavy atom. The second-order valence-corrected chi connectivity index (χ2v) is 21.3. The zero-order chi connectivity index (χ0) is 35.3. The summed E-state index contributed by atoms with van der Waals surface area (Å²) >= 11 is 0. The first kappa shape index (κ1) is 38.6. The highest BCUT2D eigenvalue weighted by Gasteiger charge is 2.42. The van der Waals surface area contributed by atoms with Gasteiger partial charge in [0.1, 0.15) is 11.4 Å². The van der Waals surface area contributed by atoms with Crippen LogP contribution in [-0.4, -0.2) is 18.8 Å². The molecule has 0 atom stereocenters. The molecule has 0 saturated heterocycles. The van der Waals surface area contributed by atoms with Gasteiger partial charge in [0.2, 0.25) is 5.45 Å². The minimum Gasteiger partial charge on any atom is -0.241 e. The Labute approximate surface area is 291 Å². The molecule has 4 rings (SSSR count). The lowest BCUT2D eigenvalue weighted by molar-refractivity contribution is -0.577. The van der Waals surface area contributed by atoms with Crippen LogP contribution in [0.5, 0.6) is 0 Å². The molecule has 0 amide bonds. The molecule has 2 nitrogen and oxygen atoms in total. The van der Waals surface area contributed by atoms with Gasteiger partial charge >= 0.3 is 0 Å². The zero-order valence-electron chi connectivity index (χ0n) is 32.8. The summed E-state index contributed by atoms with van der Waals surface area (Å²) in [5.74, 6) is 1.81. The van der Waals surface area contributed by atoms with E-state index < -0.39 is 14.2 Å². The van der Waals surface area contributed by atoms with E-state index in [4.69, 9.17) is 0 Å². The van der Waals surface area contributed by atoms with Crippen molar-refractivity contribution in [2.45, 2.75) is 145 Å². The number of rotatable bonds is 11. The lowest BCUT2D eigenvalue weighted by atomic mass is 9.19. The number of hydrogen-bond acceptors (Lipinski definition) is 0. The quantitative estimate of drug-likeness (QED) is 0.113.